The van der Waals surface area contributed by atoms with Crippen LogP contribution in [0.5, 0.6) is 0 Å². The van der Waals surface area contributed by atoms with E-state index in [2.05, 4.69) is 29.3 Å². The Hall–Kier alpha value is -1.88. The van der Waals surface area contributed by atoms with Crippen LogP contribution in [-0.2, 0) is 6.54 Å². The van der Waals surface area contributed by atoms with Crippen molar-refractivity contribution < 1.29 is 9.90 Å². The molecule has 5 heteroatoms. The minimum atomic E-state index is -0.870. The van der Waals surface area contributed by atoms with Gasteiger partial charge < -0.3 is 10.4 Å². The largest absolute Gasteiger partial charge is 0.478 e. The van der Waals surface area contributed by atoms with Crippen molar-refractivity contribution in [1.82, 2.24) is 10.2 Å². The molecule has 1 aliphatic rings. The maximum atomic E-state index is 11.6. The maximum Gasteiger partial charge on any atom is 0.336 e. The van der Waals surface area contributed by atoms with E-state index in [0.717, 1.165) is 36.5 Å². The summed E-state index contributed by atoms with van der Waals surface area (Å²) >= 11 is 6.04. The van der Waals surface area contributed by atoms with E-state index < -0.39 is 5.97 Å². The molecule has 0 aliphatic carbocycles. The highest BCUT2D eigenvalue weighted by molar-refractivity contribution is 6.30. The highest BCUT2D eigenvalue weighted by atomic mass is 35.5. The molecular weight excluding hydrogens is 348 g/mol. The van der Waals surface area contributed by atoms with E-state index in [1.54, 1.807) is 12.1 Å². The number of aromatic carboxylic acids is 1. The first-order valence-corrected chi connectivity index (χ1v) is 9.47. The fourth-order valence-electron chi connectivity index (χ4n) is 3.72. The maximum absolute atomic E-state index is 11.6. The van der Waals surface area contributed by atoms with Gasteiger partial charge in [0.2, 0.25) is 0 Å². The summed E-state index contributed by atoms with van der Waals surface area (Å²) in [5, 5.41) is 13.7. The molecule has 26 heavy (non-hydrogen) atoms. The lowest BCUT2D eigenvalue weighted by molar-refractivity contribution is 0.0689. The van der Waals surface area contributed by atoms with Crippen molar-refractivity contribution >= 4 is 17.6 Å². The molecule has 3 rings (SSSR count). The first kappa shape index (κ1) is 18.9. The van der Waals surface area contributed by atoms with Crippen molar-refractivity contribution in [3.05, 3.63) is 70.2 Å². The number of benzene rings is 2. The summed E-state index contributed by atoms with van der Waals surface area (Å²) in [6, 6.07) is 15.9. The van der Waals surface area contributed by atoms with Gasteiger partial charge in [0.1, 0.15) is 0 Å². The van der Waals surface area contributed by atoms with Gasteiger partial charge in [0.25, 0.3) is 0 Å². The number of carbonyl (C=O) groups is 1. The van der Waals surface area contributed by atoms with Crippen LogP contribution in [0.3, 0.4) is 0 Å². The lowest BCUT2D eigenvalue weighted by atomic mass is 9.97. The van der Waals surface area contributed by atoms with Crippen LogP contribution in [0.4, 0.5) is 0 Å². The second-order valence-electron chi connectivity index (χ2n) is 6.84. The zero-order valence-corrected chi connectivity index (χ0v) is 15.7. The van der Waals surface area contributed by atoms with Crippen LogP contribution in [0.1, 0.15) is 47.3 Å². The van der Waals surface area contributed by atoms with Gasteiger partial charge in [-0.2, -0.15) is 0 Å². The van der Waals surface area contributed by atoms with Gasteiger partial charge in [-0.25, -0.2) is 4.79 Å². The third kappa shape index (κ3) is 4.44. The summed E-state index contributed by atoms with van der Waals surface area (Å²) in [6.45, 7) is 4.80. The Bertz CT molecular complexity index is 742. The summed E-state index contributed by atoms with van der Waals surface area (Å²) < 4.78 is 0. The van der Waals surface area contributed by atoms with E-state index in [0.29, 0.717) is 18.2 Å². The van der Waals surface area contributed by atoms with Crippen LogP contribution >= 0.6 is 11.6 Å². The highest BCUT2D eigenvalue weighted by Gasteiger charge is 2.27. The van der Waals surface area contributed by atoms with Crippen LogP contribution in [0.2, 0.25) is 5.02 Å². The van der Waals surface area contributed by atoms with Gasteiger partial charge in [0, 0.05) is 23.7 Å². The Kier molecular flexibility index (Phi) is 6.30. The van der Waals surface area contributed by atoms with Gasteiger partial charge in [-0.1, -0.05) is 41.9 Å². The average Bonchev–Trinajstić information content (AvgIpc) is 2.67. The molecule has 1 unspecified atom stereocenters. The Morgan fingerprint density at radius 3 is 2.50 bits per heavy atom. The van der Waals surface area contributed by atoms with E-state index in [-0.39, 0.29) is 6.04 Å². The molecule has 0 bridgehead atoms. The third-order valence-corrected chi connectivity index (χ3v) is 5.48. The fourth-order valence-corrected chi connectivity index (χ4v) is 3.84. The number of halogens is 1. The number of piperidine rings is 1. The zero-order chi connectivity index (χ0) is 18.5. The lowest BCUT2D eigenvalue weighted by Crippen LogP contribution is -2.44. The molecule has 1 saturated heterocycles. The first-order valence-electron chi connectivity index (χ1n) is 9.09. The third-order valence-electron chi connectivity index (χ3n) is 5.23. The molecule has 1 atom stereocenters. The predicted octanol–water partition coefficient (Wildman–Crippen LogP) is 4.35. The fraction of sp³-hybridized carbons (Fsp3) is 0.381. The zero-order valence-electron chi connectivity index (χ0n) is 15.0. The van der Waals surface area contributed by atoms with Crippen molar-refractivity contribution in [3.8, 4) is 0 Å². The van der Waals surface area contributed by atoms with E-state index in [4.69, 9.17) is 11.6 Å². The molecule has 0 radical (unpaired) electrons. The number of rotatable bonds is 6. The van der Waals surface area contributed by atoms with Crippen molar-refractivity contribution in [3.63, 3.8) is 0 Å². The summed E-state index contributed by atoms with van der Waals surface area (Å²) in [6.07, 6.45) is 2.13. The summed E-state index contributed by atoms with van der Waals surface area (Å²) in [4.78, 5) is 14.1. The molecule has 2 aromatic rings. The minimum absolute atomic E-state index is 0.178. The first-order chi connectivity index (χ1) is 12.6. The van der Waals surface area contributed by atoms with Crippen molar-refractivity contribution in [2.24, 2.45) is 0 Å². The number of hydrogen-bond donors (Lipinski definition) is 2. The van der Waals surface area contributed by atoms with Gasteiger partial charge in [0.15, 0.2) is 0 Å². The number of hydrogen-bond acceptors (Lipinski definition) is 3. The molecule has 0 amide bonds. The molecular formula is C21H25ClN2O2. The van der Waals surface area contributed by atoms with Crippen LogP contribution in [0.25, 0.3) is 0 Å². The summed E-state index contributed by atoms with van der Waals surface area (Å²) in [7, 11) is 0. The number of carboxylic acid groups (broad SMARTS) is 1. The molecule has 0 aromatic heterocycles. The van der Waals surface area contributed by atoms with E-state index in [1.807, 2.05) is 24.3 Å². The monoisotopic (exact) mass is 372 g/mol. The van der Waals surface area contributed by atoms with Gasteiger partial charge in [-0.15, -0.1) is 0 Å². The second-order valence-corrected chi connectivity index (χ2v) is 7.28. The molecule has 4 nitrogen and oxygen atoms in total. The molecule has 0 spiro atoms. The standard InChI is InChI=1S/C21H25ClN2O2/c1-15(16-6-8-18(22)9-7-16)24(19-10-12-23-13-11-19)14-17-4-2-3-5-20(17)21(25)26/h2-9,15,19,23H,10-14H2,1H3,(H,25,26). The SMILES string of the molecule is CC(c1ccc(Cl)cc1)N(Cc1ccccc1C(=O)O)C1CCNCC1. The molecule has 1 fully saturated rings. The Morgan fingerprint density at radius 2 is 1.85 bits per heavy atom. The van der Waals surface area contributed by atoms with Crippen molar-refractivity contribution in [2.75, 3.05) is 13.1 Å². The van der Waals surface area contributed by atoms with E-state index in [1.165, 1.54) is 5.56 Å². The Labute approximate surface area is 159 Å². The highest BCUT2D eigenvalue weighted by Crippen LogP contribution is 2.29. The van der Waals surface area contributed by atoms with E-state index >= 15 is 0 Å². The molecule has 2 aromatic carbocycles. The normalized spacial score (nSPS) is 16.6. The second kappa shape index (κ2) is 8.67. The number of carboxylic acids is 1. The molecule has 1 aliphatic heterocycles. The van der Waals surface area contributed by atoms with Crippen LogP contribution in [-0.4, -0.2) is 35.1 Å². The number of nitrogens with one attached hydrogen (secondary N) is 1. The summed E-state index contributed by atoms with van der Waals surface area (Å²) in [5.74, 6) is -0.870. The van der Waals surface area contributed by atoms with Gasteiger partial charge >= 0.3 is 5.97 Å². The van der Waals surface area contributed by atoms with E-state index in [9.17, 15) is 9.90 Å². The van der Waals surface area contributed by atoms with Crippen LogP contribution < -0.4 is 5.32 Å². The Balaban J connectivity index is 1.90. The Morgan fingerprint density at radius 1 is 1.19 bits per heavy atom. The van der Waals surface area contributed by atoms with Gasteiger partial charge in [-0.3, -0.25) is 4.90 Å². The quantitative estimate of drug-likeness (QED) is 0.791. The van der Waals surface area contributed by atoms with Crippen LogP contribution in [0.15, 0.2) is 48.5 Å². The van der Waals surface area contributed by atoms with Crippen molar-refractivity contribution in [1.29, 1.82) is 0 Å². The number of nitrogens with zero attached hydrogens (tertiary/aromatic N) is 1. The van der Waals surface area contributed by atoms with Crippen molar-refractivity contribution in [2.45, 2.75) is 38.4 Å². The van der Waals surface area contributed by atoms with Gasteiger partial charge in [-0.05, 0) is 62.2 Å². The predicted molar refractivity (Wildman–Crippen MR) is 105 cm³/mol. The lowest BCUT2D eigenvalue weighted by Gasteiger charge is -2.39. The molecule has 2 N–H and O–H groups in total. The molecule has 1 heterocycles. The smallest absolute Gasteiger partial charge is 0.336 e. The van der Waals surface area contributed by atoms with Gasteiger partial charge in [0.05, 0.1) is 5.56 Å². The molecule has 138 valence electrons. The topological polar surface area (TPSA) is 52.6 Å². The van der Waals surface area contributed by atoms with Crippen LogP contribution in [0, 0.1) is 0 Å². The summed E-state index contributed by atoms with van der Waals surface area (Å²) in [5.41, 5.74) is 2.44. The molecule has 0 saturated carbocycles. The minimum Gasteiger partial charge on any atom is -0.478 e. The average molecular weight is 373 g/mol.